The van der Waals surface area contributed by atoms with Crippen molar-refractivity contribution in [1.82, 2.24) is 15.1 Å². The number of nitrogens with one attached hydrogen (secondary N) is 1. The first-order valence-corrected chi connectivity index (χ1v) is 7.68. The first-order valence-electron chi connectivity index (χ1n) is 7.68. The number of nitrogens with zero attached hydrogens (tertiary/aromatic N) is 2. The Morgan fingerprint density at radius 1 is 1.33 bits per heavy atom. The van der Waals surface area contributed by atoms with E-state index in [0.717, 1.165) is 32.4 Å². The number of amides is 3. The molecular formula is C14H21N3O4. The number of hydrogen-bond acceptors (Lipinski definition) is 4. The number of fused-ring (bicyclic) bond motifs is 1. The fraction of sp³-hybridized carbons (Fsp3) is 0.857. The van der Waals surface area contributed by atoms with E-state index in [2.05, 4.69) is 5.32 Å². The molecule has 0 unspecified atom stereocenters. The molecule has 0 aromatic heterocycles. The van der Waals surface area contributed by atoms with Crippen molar-refractivity contribution in [3.05, 3.63) is 0 Å². The molecule has 3 heterocycles. The van der Waals surface area contributed by atoms with Crippen molar-refractivity contribution in [2.24, 2.45) is 5.41 Å². The van der Waals surface area contributed by atoms with E-state index in [4.69, 9.17) is 4.74 Å². The van der Waals surface area contributed by atoms with Gasteiger partial charge in [0.25, 0.3) is 0 Å². The number of urea groups is 1. The molecule has 0 aromatic rings. The fourth-order valence-electron chi connectivity index (χ4n) is 4.17. The minimum atomic E-state index is -0.174. The summed E-state index contributed by atoms with van der Waals surface area (Å²) < 4.78 is 5.50. The fourth-order valence-corrected chi connectivity index (χ4v) is 4.17. The summed E-state index contributed by atoms with van der Waals surface area (Å²) in [7, 11) is 0. The molecule has 4 rings (SSSR count). The molecule has 0 bridgehead atoms. The molecule has 4 fully saturated rings. The summed E-state index contributed by atoms with van der Waals surface area (Å²) in [5.74, 6) is -0.100. The van der Waals surface area contributed by atoms with Crippen LogP contribution in [0.3, 0.4) is 0 Å². The highest BCUT2D eigenvalue weighted by Crippen LogP contribution is 2.48. The third-order valence-electron chi connectivity index (χ3n) is 5.26. The molecule has 0 aromatic carbocycles. The number of rotatable bonds is 0. The summed E-state index contributed by atoms with van der Waals surface area (Å²) >= 11 is 0. The SMILES string of the molecule is O=C1CO[C@H]2CCN(C(=O)N3CC4(CC(O)C4)C3)C[C@H]2N1. The first-order chi connectivity index (χ1) is 10.0. The van der Waals surface area contributed by atoms with Gasteiger partial charge in [0.05, 0.1) is 18.2 Å². The number of carbonyl (C=O) groups excluding carboxylic acids is 2. The van der Waals surface area contributed by atoms with Crippen LogP contribution in [0.5, 0.6) is 0 Å². The van der Waals surface area contributed by atoms with E-state index in [1.807, 2.05) is 9.80 Å². The predicted octanol–water partition coefficient (Wildman–Crippen LogP) is -0.848. The van der Waals surface area contributed by atoms with Gasteiger partial charge >= 0.3 is 6.03 Å². The number of aliphatic hydroxyl groups excluding tert-OH is 1. The molecule has 7 heteroatoms. The molecule has 1 spiro atoms. The molecule has 2 N–H and O–H groups in total. The predicted molar refractivity (Wildman–Crippen MR) is 72.5 cm³/mol. The van der Waals surface area contributed by atoms with E-state index in [-0.39, 0.29) is 42.2 Å². The highest BCUT2D eigenvalue weighted by Gasteiger charge is 2.54. The van der Waals surface area contributed by atoms with Crippen LogP contribution in [0.4, 0.5) is 4.79 Å². The standard InChI is InChI=1S/C14H21N3O4/c18-9-3-14(4-9)7-17(8-14)13(20)16-2-1-11-10(5-16)15-12(19)6-21-11/h9-11,18H,1-8H2,(H,15,19)/t10-,11+/m1/s1. The van der Waals surface area contributed by atoms with Gasteiger partial charge in [0.2, 0.25) is 5.91 Å². The molecule has 4 aliphatic rings. The Morgan fingerprint density at radius 3 is 2.81 bits per heavy atom. The van der Waals surface area contributed by atoms with Crippen LogP contribution < -0.4 is 5.32 Å². The van der Waals surface area contributed by atoms with Crippen molar-refractivity contribution in [1.29, 1.82) is 0 Å². The second-order valence-electron chi connectivity index (χ2n) is 6.96. The molecule has 7 nitrogen and oxygen atoms in total. The van der Waals surface area contributed by atoms with Crippen molar-refractivity contribution in [3.63, 3.8) is 0 Å². The maximum atomic E-state index is 12.5. The molecular weight excluding hydrogens is 274 g/mol. The molecule has 21 heavy (non-hydrogen) atoms. The van der Waals surface area contributed by atoms with Gasteiger partial charge in [0.15, 0.2) is 0 Å². The summed E-state index contributed by atoms with van der Waals surface area (Å²) in [5, 5.41) is 12.3. The van der Waals surface area contributed by atoms with E-state index in [1.54, 1.807) is 0 Å². The monoisotopic (exact) mass is 295 g/mol. The molecule has 116 valence electrons. The van der Waals surface area contributed by atoms with Crippen molar-refractivity contribution in [3.8, 4) is 0 Å². The number of likely N-dealkylation sites (tertiary alicyclic amines) is 2. The Morgan fingerprint density at radius 2 is 2.10 bits per heavy atom. The van der Waals surface area contributed by atoms with Crippen molar-refractivity contribution >= 4 is 11.9 Å². The van der Waals surface area contributed by atoms with Gasteiger partial charge in [-0.3, -0.25) is 4.79 Å². The summed E-state index contributed by atoms with van der Waals surface area (Å²) in [6.45, 7) is 2.86. The molecule has 0 radical (unpaired) electrons. The zero-order valence-corrected chi connectivity index (χ0v) is 12.0. The summed E-state index contributed by atoms with van der Waals surface area (Å²) in [5.41, 5.74) is 0.190. The zero-order chi connectivity index (χ0) is 14.6. The van der Waals surface area contributed by atoms with Gasteiger partial charge in [-0.05, 0) is 19.3 Å². The van der Waals surface area contributed by atoms with Gasteiger partial charge in [-0.1, -0.05) is 0 Å². The van der Waals surface area contributed by atoms with Crippen molar-refractivity contribution in [2.45, 2.75) is 37.5 Å². The minimum Gasteiger partial charge on any atom is -0.393 e. The van der Waals surface area contributed by atoms with Gasteiger partial charge in [-0.25, -0.2) is 4.79 Å². The van der Waals surface area contributed by atoms with Gasteiger partial charge < -0.3 is 25.0 Å². The molecule has 1 aliphatic carbocycles. The number of piperidine rings is 1. The molecule has 1 saturated carbocycles. The summed E-state index contributed by atoms with van der Waals surface area (Å²) in [4.78, 5) is 27.5. The third-order valence-corrected chi connectivity index (χ3v) is 5.26. The van der Waals surface area contributed by atoms with Gasteiger partial charge in [0, 0.05) is 31.6 Å². The van der Waals surface area contributed by atoms with E-state index < -0.39 is 0 Å². The van der Waals surface area contributed by atoms with Crippen LogP contribution in [0.25, 0.3) is 0 Å². The lowest BCUT2D eigenvalue weighted by Gasteiger charge is -2.58. The van der Waals surface area contributed by atoms with Crippen molar-refractivity contribution in [2.75, 3.05) is 32.8 Å². The van der Waals surface area contributed by atoms with Crippen LogP contribution in [-0.2, 0) is 9.53 Å². The number of aliphatic hydroxyl groups is 1. The van der Waals surface area contributed by atoms with Crippen LogP contribution in [0.1, 0.15) is 19.3 Å². The lowest BCUT2D eigenvalue weighted by Crippen LogP contribution is -2.69. The molecule has 3 saturated heterocycles. The quantitative estimate of drug-likeness (QED) is 0.610. The highest BCUT2D eigenvalue weighted by molar-refractivity contribution is 5.79. The first kappa shape index (κ1) is 13.3. The lowest BCUT2D eigenvalue weighted by molar-refractivity contribution is -0.140. The second-order valence-corrected chi connectivity index (χ2v) is 6.96. The topological polar surface area (TPSA) is 82.1 Å². The number of morpholine rings is 1. The Labute approximate surface area is 123 Å². The number of hydrogen-bond donors (Lipinski definition) is 2. The van der Waals surface area contributed by atoms with Crippen LogP contribution in [-0.4, -0.2) is 77.9 Å². The Balaban J connectivity index is 1.33. The average molecular weight is 295 g/mol. The smallest absolute Gasteiger partial charge is 0.320 e. The molecule has 3 aliphatic heterocycles. The zero-order valence-electron chi connectivity index (χ0n) is 12.0. The van der Waals surface area contributed by atoms with Crippen LogP contribution in [0.15, 0.2) is 0 Å². The molecule has 3 amide bonds. The average Bonchev–Trinajstić information content (AvgIpc) is 2.39. The highest BCUT2D eigenvalue weighted by atomic mass is 16.5. The maximum absolute atomic E-state index is 12.5. The number of ether oxygens (including phenoxy) is 1. The van der Waals surface area contributed by atoms with E-state index in [0.29, 0.717) is 13.1 Å². The normalized spacial score (nSPS) is 34.8. The van der Waals surface area contributed by atoms with E-state index >= 15 is 0 Å². The van der Waals surface area contributed by atoms with Crippen LogP contribution in [0.2, 0.25) is 0 Å². The van der Waals surface area contributed by atoms with Gasteiger partial charge in [-0.2, -0.15) is 0 Å². The van der Waals surface area contributed by atoms with Crippen LogP contribution >= 0.6 is 0 Å². The van der Waals surface area contributed by atoms with Gasteiger partial charge in [0.1, 0.15) is 6.61 Å². The van der Waals surface area contributed by atoms with E-state index in [9.17, 15) is 14.7 Å². The Kier molecular flexibility index (Phi) is 2.91. The lowest BCUT2D eigenvalue weighted by atomic mass is 9.62. The third kappa shape index (κ3) is 2.19. The van der Waals surface area contributed by atoms with Crippen molar-refractivity contribution < 1.29 is 19.4 Å². The Hall–Kier alpha value is -1.34. The number of carbonyl (C=O) groups is 2. The second kappa shape index (κ2) is 4.58. The molecule has 2 atom stereocenters. The maximum Gasteiger partial charge on any atom is 0.320 e. The van der Waals surface area contributed by atoms with Gasteiger partial charge in [-0.15, -0.1) is 0 Å². The Bertz CT molecular complexity index is 469. The van der Waals surface area contributed by atoms with Crippen LogP contribution in [0, 0.1) is 5.41 Å². The summed E-state index contributed by atoms with van der Waals surface area (Å²) in [6.07, 6.45) is 2.29. The minimum absolute atomic E-state index is 0.0382. The summed E-state index contributed by atoms with van der Waals surface area (Å²) in [6, 6.07) is -0.0231. The largest absolute Gasteiger partial charge is 0.393 e. The van der Waals surface area contributed by atoms with E-state index in [1.165, 1.54) is 0 Å².